The monoisotopic (exact) mass is 516 g/mol. The molecule has 2 fully saturated rings. The molecule has 2 amide bonds. The summed E-state index contributed by atoms with van der Waals surface area (Å²) in [5, 5.41) is 25.7. The standard InChI is InChI=1S/C31H24N4O4/c32-17-22-9-3-4-11-24(22)27-25-26(29(37)35(28(25)36)18-23-10-5-6-14-33-23)31(34-27,30(38)39)16-19-12-13-20-7-1-2-8-21(20)15-19/h1-15,25-27,34H,16,18H2,(H,38,39). The largest absolute Gasteiger partial charge is 0.480 e. The maximum Gasteiger partial charge on any atom is 0.325 e. The van der Waals surface area contributed by atoms with Crippen molar-refractivity contribution in [3.05, 3.63) is 114 Å². The van der Waals surface area contributed by atoms with Gasteiger partial charge in [-0.2, -0.15) is 5.26 Å². The molecule has 2 aliphatic heterocycles. The lowest BCUT2D eigenvalue weighted by molar-refractivity contribution is -0.151. The molecule has 2 aliphatic rings. The number of aromatic nitrogens is 1. The third kappa shape index (κ3) is 3.95. The average molecular weight is 517 g/mol. The van der Waals surface area contributed by atoms with E-state index in [1.54, 1.807) is 48.7 Å². The van der Waals surface area contributed by atoms with Crippen LogP contribution >= 0.6 is 0 Å². The predicted molar refractivity (Wildman–Crippen MR) is 142 cm³/mol. The number of nitrogens with zero attached hydrogens (tertiary/aromatic N) is 3. The number of imide groups is 1. The van der Waals surface area contributed by atoms with E-state index in [4.69, 9.17) is 0 Å². The number of hydrogen-bond acceptors (Lipinski definition) is 6. The first-order valence-electron chi connectivity index (χ1n) is 12.7. The lowest BCUT2D eigenvalue weighted by atomic mass is 9.76. The first-order valence-corrected chi connectivity index (χ1v) is 12.7. The minimum atomic E-state index is -1.77. The molecule has 3 aromatic carbocycles. The number of carboxylic acid groups (broad SMARTS) is 1. The van der Waals surface area contributed by atoms with Gasteiger partial charge in [0.1, 0.15) is 5.54 Å². The van der Waals surface area contributed by atoms with Crippen molar-refractivity contribution in [2.45, 2.75) is 24.5 Å². The lowest BCUT2D eigenvalue weighted by Crippen LogP contribution is -2.57. The van der Waals surface area contributed by atoms with Crippen LogP contribution in [0, 0.1) is 23.2 Å². The Labute approximate surface area is 224 Å². The third-order valence-corrected chi connectivity index (χ3v) is 7.89. The second-order valence-corrected chi connectivity index (χ2v) is 10.0. The second-order valence-electron chi connectivity index (χ2n) is 10.0. The van der Waals surface area contributed by atoms with Gasteiger partial charge in [0.2, 0.25) is 11.8 Å². The number of carbonyl (C=O) groups excluding carboxylic acids is 2. The Morgan fingerprint density at radius 3 is 2.46 bits per heavy atom. The zero-order valence-corrected chi connectivity index (χ0v) is 20.8. The number of rotatable bonds is 6. The molecule has 0 spiro atoms. The van der Waals surface area contributed by atoms with E-state index in [1.165, 1.54) is 0 Å². The van der Waals surface area contributed by atoms with Crippen molar-refractivity contribution >= 4 is 28.6 Å². The summed E-state index contributed by atoms with van der Waals surface area (Å²) in [6.45, 7) is -0.0518. The zero-order valence-electron chi connectivity index (χ0n) is 20.8. The highest BCUT2D eigenvalue weighted by atomic mass is 16.4. The average Bonchev–Trinajstić information content (AvgIpc) is 3.43. The number of carbonyl (C=O) groups is 3. The minimum absolute atomic E-state index is 0.0179. The number of likely N-dealkylation sites (tertiary alicyclic amines) is 1. The van der Waals surface area contributed by atoms with Crippen molar-refractivity contribution in [2.24, 2.45) is 11.8 Å². The molecule has 0 radical (unpaired) electrons. The molecule has 0 aliphatic carbocycles. The molecule has 6 rings (SSSR count). The quantitative estimate of drug-likeness (QED) is 0.375. The van der Waals surface area contributed by atoms with Gasteiger partial charge in [0, 0.05) is 18.7 Å². The van der Waals surface area contributed by atoms with Crippen LogP contribution in [-0.4, -0.2) is 38.3 Å². The number of pyridine rings is 1. The number of aliphatic carboxylic acids is 1. The molecule has 2 N–H and O–H groups in total. The van der Waals surface area contributed by atoms with Crippen LogP contribution in [0.1, 0.15) is 28.4 Å². The summed E-state index contributed by atoms with van der Waals surface area (Å²) in [4.78, 5) is 46.4. The Morgan fingerprint density at radius 1 is 0.974 bits per heavy atom. The lowest BCUT2D eigenvalue weighted by Gasteiger charge is -2.31. The molecular weight excluding hydrogens is 492 g/mol. The zero-order chi connectivity index (χ0) is 27.1. The van der Waals surface area contributed by atoms with Crippen LogP contribution in [0.5, 0.6) is 0 Å². The number of benzene rings is 3. The number of nitriles is 1. The van der Waals surface area contributed by atoms with Gasteiger partial charge in [-0.25, -0.2) is 0 Å². The maximum absolute atomic E-state index is 14.0. The summed E-state index contributed by atoms with van der Waals surface area (Å²) in [7, 11) is 0. The molecule has 3 heterocycles. The summed E-state index contributed by atoms with van der Waals surface area (Å²) >= 11 is 0. The number of carboxylic acids is 1. The van der Waals surface area contributed by atoms with E-state index in [2.05, 4.69) is 16.4 Å². The molecule has 4 unspecified atom stereocenters. The summed E-state index contributed by atoms with van der Waals surface area (Å²) in [5.74, 6) is -4.41. The Hall–Kier alpha value is -4.87. The van der Waals surface area contributed by atoms with E-state index >= 15 is 0 Å². The van der Waals surface area contributed by atoms with Crippen LogP contribution in [-0.2, 0) is 27.3 Å². The van der Waals surface area contributed by atoms with Crippen LogP contribution in [0.4, 0.5) is 0 Å². The van der Waals surface area contributed by atoms with Gasteiger partial charge in [-0.05, 0) is 40.1 Å². The SMILES string of the molecule is N#Cc1ccccc1C1NC(Cc2ccc3ccccc3c2)(C(=O)O)C2C(=O)N(Cc3ccccn3)C(=O)C12. The van der Waals surface area contributed by atoms with Crippen molar-refractivity contribution in [1.29, 1.82) is 5.26 Å². The molecule has 1 aromatic heterocycles. The number of fused-ring (bicyclic) bond motifs is 2. The number of hydrogen-bond donors (Lipinski definition) is 2. The van der Waals surface area contributed by atoms with Gasteiger partial charge in [-0.3, -0.25) is 29.6 Å². The van der Waals surface area contributed by atoms with E-state index < -0.39 is 41.2 Å². The molecule has 2 saturated heterocycles. The van der Waals surface area contributed by atoms with Gasteiger partial charge in [-0.1, -0.05) is 66.7 Å². The van der Waals surface area contributed by atoms with Crippen molar-refractivity contribution in [3.63, 3.8) is 0 Å². The first kappa shape index (κ1) is 24.5. The van der Waals surface area contributed by atoms with Crippen LogP contribution in [0.2, 0.25) is 0 Å². The molecule has 8 heteroatoms. The van der Waals surface area contributed by atoms with Crippen LogP contribution in [0.3, 0.4) is 0 Å². The molecule has 8 nitrogen and oxygen atoms in total. The highest BCUT2D eigenvalue weighted by Crippen LogP contribution is 2.50. The minimum Gasteiger partial charge on any atom is -0.480 e. The van der Waals surface area contributed by atoms with Crippen LogP contribution in [0.25, 0.3) is 10.8 Å². The molecule has 0 bridgehead atoms. The molecule has 39 heavy (non-hydrogen) atoms. The van der Waals surface area contributed by atoms with Crippen molar-refractivity contribution in [3.8, 4) is 6.07 Å². The summed E-state index contributed by atoms with van der Waals surface area (Å²) in [6, 6.07) is 26.8. The first-order chi connectivity index (χ1) is 18.9. The van der Waals surface area contributed by atoms with E-state index in [0.717, 1.165) is 21.2 Å². The van der Waals surface area contributed by atoms with E-state index in [1.807, 2.05) is 42.5 Å². The Morgan fingerprint density at radius 2 is 1.72 bits per heavy atom. The fourth-order valence-corrected chi connectivity index (χ4v) is 6.11. The van der Waals surface area contributed by atoms with Gasteiger partial charge < -0.3 is 5.11 Å². The van der Waals surface area contributed by atoms with Crippen molar-refractivity contribution in [2.75, 3.05) is 0 Å². The Kier molecular flexibility index (Phi) is 5.93. The van der Waals surface area contributed by atoms with Gasteiger partial charge in [0.15, 0.2) is 0 Å². The summed E-state index contributed by atoms with van der Waals surface area (Å²) in [6.07, 6.45) is 1.56. The van der Waals surface area contributed by atoms with Crippen molar-refractivity contribution in [1.82, 2.24) is 15.2 Å². The highest BCUT2D eigenvalue weighted by molar-refractivity contribution is 6.09. The Balaban J connectivity index is 1.48. The van der Waals surface area contributed by atoms with Gasteiger partial charge >= 0.3 is 5.97 Å². The molecule has 4 atom stereocenters. The van der Waals surface area contributed by atoms with Gasteiger partial charge in [-0.15, -0.1) is 0 Å². The third-order valence-electron chi connectivity index (χ3n) is 7.89. The summed E-state index contributed by atoms with van der Waals surface area (Å²) < 4.78 is 0. The van der Waals surface area contributed by atoms with Crippen LogP contribution in [0.15, 0.2) is 91.1 Å². The number of amides is 2. The van der Waals surface area contributed by atoms with E-state index in [9.17, 15) is 24.8 Å². The normalized spacial score (nSPS) is 24.1. The Bertz CT molecular complexity index is 1660. The van der Waals surface area contributed by atoms with Gasteiger partial charge in [0.25, 0.3) is 0 Å². The highest BCUT2D eigenvalue weighted by Gasteiger charge is 2.68. The number of nitrogens with one attached hydrogen (secondary N) is 1. The predicted octanol–water partition coefficient (Wildman–Crippen LogP) is 3.62. The topological polar surface area (TPSA) is 123 Å². The summed E-state index contributed by atoms with van der Waals surface area (Å²) in [5.41, 5.74) is 0.296. The van der Waals surface area contributed by atoms with Crippen LogP contribution < -0.4 is 5.32 Å². The molecule has 192 valence electrons. The smallest absolute Gasteiger partial charge is 0.325 e. The second kappa shape index (κ2) is 9.46. The van der Waals surface area contributed by atoms with Gasteiger partial charge in [0.05, 0.1) is 35.7 Å². The van der Waals surface area contributed by atoms with E-state index in [-0.39, 0.29) is 13.0 Å². The van der Waals surface area contributed by atoms with E-state index in [0.29, 0.717) is 16.8 Å². The van der Waals surface area contributed by atoms with Crippen molar-refractivity contribution < 1.29 is 19.5 Å². The molecular formula is C31H24N4O4. The maximum atomic E-state index is 14.0. The molecule has 0 saturated carbocycles. The fraction of sp³-hybridized carbons (Fsp3) is 0.194. The molecule has 4 aromatic rings. The fourth-order valence-electron chi connectivity index (χ4n) is 6.11.